The van der Waals surface area contributed by atoms with Crippen LogP contribution in [-0.2, 0) is 6.54 Å². The third kappa shape index (κ3) is 3.74. The Kier molecular flexibility index (Phi) is 4.68. The molecule has 0 radical (unpaired) electrons. The molecule has 2 aromatic rings. The van der Waals surface area contributed by atoms with Crippen LogP contribution in [0.1, 0.15) is 19.4 Å². The van der Waals surface area contributed by atoms with Gasteiger partial charge in [0.05, 0.1) is 18.4 Å². The van der Waals surface area contributed by atoms with Crippen molar-refractivity contribution >= 4 is 28.9 Å². The standard InChI is InChI=1S/C14H15Cl2N3O/c1-9(2)18-12-6-14(20)19(17-7-12)8-10-3-4-11(15)5-13(10)16/h3-7,9,18H,8H2,1-2H3. The van der Waals surface area contributed by atoms with Crippen molar-refractivity contribution < 1.29 is 0 Å². The van der Waals surface area contributed by atoms with Crippen LogP contribution in [0.4, 0.5) is 5.69 Å². The lowest BCUT2D eigenvalue weighted by atomic mass is 10.2. The molecule has 0 saturated carbocycles. The molecule has 0 atom stereocenters. The second-order valence-corrected chi connectivity index (χ2v) is 5.62. The van der Waals surface area contributed by atoms with E-state index >= 15 is 0 Å². The van der Waals surface area contributed by atoms with Crippen LogP contribution in [0.15, 0.2) is 35.3 Å². The molecule has 0 aliphatic carbocycles. The van der Waals surface area contributed by atoms with E-state index in [1.165, 1.54) is 10.7 Å². The maximum absolute atomic E-state index is 12.0. The molecule has 0 aliphatic heterocycles. The Morgan fingerprint density at radius 1 is 1.30 bits per heavy atom. The smallest absolute Gasteiger partial charge is 0.269 e. The number of nitrogens with zero attached hydrogens (tertiary/aromatic N) is 2. The van der Waals surface area contributed by atoms with Gasteiger partial charge < -0.3 is 5.32 Å². The van der Waals surface area contributed by atoms with E-state index in [-0.39, 0.29) is 11.6 Å². The molecule has 6 heteroatoms. The molecule has 0 bridgehead atoms. The number of hydrogen-bond acceptors (Lipinski definition) is 3. The van der Waals surface area contributed by atoms with Crippen LogP contribution in [0.5, 0.6) is 0 Å². The topological polar surface area (TPSA) is 46.9 Å². The zero-order chi connectivity index (χ0) is 14.7. The van der Waals surface area contributed by atoms with Crippen LogP contribution >= 0.6 is 23.2 Å². The van der Waals surface area contributed by atoms with E-state index in [1.54, 1.807) is 24.4 Å². The second-order valence-electron chi connectivity index (χ2n) is 4.77. The number of nitrogens with one attached hydrogen (secondary N) is 1. The Morgan fingerprint density at radius 3 is 2.65 bits per heavy atom. The molecule has 20 heavy (non-hydrogen) atoms. The van der Waals surface area contributed by atoms with Crippen molar-refractivity contribution in [1.29, 1.82) is 0 Å². The average molecular weight is 312 g/mol. The first-order chi connectivity index (χ1) is 9.45. The predicted octanol–water partition coefficient (Wildman–Crippen LogP) is 3.42. The number of aromatic nitrogens is 2. The van der Waals surface area contributed by atoms with E-state index in [4.69, 9.17) is 23.2 Å². The van der Waals surface area contributed by atoms with Gasteiger partial charge in [0.2, 0.25) is 0 Å². The number of halogens is 2. The first-order valence-electron chi connectivity index (χ1n) is 6.23. The van der Waals surface area contributed by atoms with Gasteiger partial charge in [-0.1, -0.05) is 29.3 Å². The Hall–Kier alpha value is -1.52. The summed E-state index contributed by atoms with van der Waals surface area (Å²) in [4.78, 5) is 12.0. The normalized spacial score (nSPS) is 10.8. The van der Waals surface area contributed by atoms with Crippen molar-refractivity contribution in [2.75, 3.05) is 5.32 Å². The van der Waals surface area contributed by atoms with E-state index in [0.717, 1.165) is 5.56 Å². The van der Waals surface area contributed by atoms with Gasteiger partial charge in [0.1, 0.15) is 0 Å². The first kappa shape index (κ1) is 14.9. The summed E-state index contributed by atoms with van der Waals surface area (Å²) in [6.07, 6.45) is 1.63. The summed E-state index contributed by atoms with van der Waals surface area (Å²) in [5.41, 5.74) is 1.33. The zero-order valence-electron chi connectivity index (χ0n) is 11.2. The van der Waals surface area contributed by atoms with Gasteiger partial charge in [-0.15, -0.1) is 0 Å². The molecular weight excluding hydrogens is 297 g/mol. The van der Waals surface area contributed by atoms with E-state index in [2.05, 4.69) is 10.4 Å². The van der Waals surface area contributed by atoms with Gasteiger partial charge in [-0.05, 0) is 31.5 Å². The highest BCUT2D eigenvalue weighted by Crippen LogP contribution is 2.21. The largest absolute Gasteiger partial charge is 0.381 e. The lowest BCUT2D eigenvalue weighted by Gasteiger charge is -2.11. The third-order valence-electron chi connectivity index (χ3n) is 2.66. The van der Waals surface area contributed by atoms with Crippen LogP contribution in [0, 0.1) is 0 Å². The molecule has 0 aliphatic rings. The summed E-state index contributed by atoms with van der Waals surface area (Å²) in [5, 5.41) is 8.37. The SMILES string of the molecule is CC(C)Nc1cnn(Cc2ccc(Cl)cc2Cl)c(=O)c1. The fraction of sp³-hybridized carbons (Fsp3) is 0.286. The molecule has 1 aromatic carbocycles. The van der Waals surface area contributed by atoms with Crippen molar-refractivity contribution in [2.45, 2.75) is 26.4 Å². The molecule has 106 valence electrons. The van der Waals surface area contributed by atoms with Crippen molar-refractivity contribution in [1.82, 2.24) is 9.78 Å². The molecule has 0 spiro atoms. The minimum atomic E-state index is -0.179. The number of rotatable bonds is 4. The zero-order valence-corrected chi connectivity index (χ0v) is 12.7. The molecule has 0 fully saturated rings. The molecule has 0 unspecified atom stereocenters. The maximum Gasteiger partial charge on any atom is 0.269 e. The molecule has 1 aromatic heterocycles. The highest BCUT2D eigenvalue weighted by molar-refractivity contribution is 6.35. The van der Waals surface area contributed by atoms with Crippen LogP contribution in [-0.4, -0.2) is 15.8 Å². The molecule has 0 saturated heterocycles. The summed E-state index contributed by atoms with van der Waals surface area (Å²) < 4.78 is 1.36. The minimum Gasteiger partial charge on any atom is -0.381 e. The summed E-state index contributed by atoms with van der Waals surface area (Å²) in [5.74, 6) is 0. The van der Waals surface area contributed by atoms with E-state index in [9.17, 15) is 4.79 Å². The van der Waals surface area contributed by atoms with E-state index < -0.39 is 0 Å². The van der Waals surface area contributed by atoms with Gasteiger partial charge in [0.15, 0.2) is 0 Å². The fourth-order valence-corrected chi connectivity index (χ4v) is 2.24. The highest BCUT2D eigenvalue weighted by Gasteiger charge is 2.06. The van der Waals surface area contributed by atoms with Crippen molar-refractivity contribution in [3.63, 3.8) is 0 Å². The van der Waals surface area contributed by atoms with Crippen LogP contribution in [0.25, 0.3) is 0 Å². The van der Waals surface area contributed by atoms with Gasteiger partial charge >= 0.3 is 0 Å². The highest BCUT2D eigenvalue weighted by atomic mass is 35.5. The maximum atomic E-state index is 12.0. The Bertz CT molecular complexity index is 668. The number of hydrogen-bond donors (Lipinski definition) is 1. The van der Waals surface area contributed by atoms with E-state index in [1.807, 2.05) is 13.8 Å². The Balaban J connectivity index is 2.23. The molecular formula is C14H15Cl2N3O. The van der Waals surface area contributed by atoms with Crippen LogP contribution in [0.2, 0.25) is 10.0 Å². The van der Waals surface area contributed by atoms with Crippen molar-refractivity contribution in [3.05, 3.63) is 56.4 Å². The fourth-order valence-electron chi connectivity index (χ4n) is 1.78. The molecule has 4 nitrogen and oxygen atoms in total. The van der Waals surface area contributed by atoms with Crippen LogP contribution in [0.3, 0.4) is 0 Å². The van der Waals surface area contributed by atoms with Gasteiger partial charge in [0, 0.05) is 22.2 Å². The molecule has 1 N–H and O–H groups in total. The summed E-state index contributed by atoms with van der Waals surface area (Å²) in [6.45, 7) is 4.31. The van der Waals surface area contributed by atoms with Crippen molar-refractivity contribution in [2.24, 2.45) is 0 Å². The monoisotopic (exact) mass is 311 g/mol. The average Bonchev–Trinajstić information content (AvgIpc) is 2.34. The lowest BCUT2D eigenvalue weighted by molar-refractivity contribution is 0.639. The first-order valence-corrected chi connectivity index (χ1v) is 6.99. The third-order valence-corrected chi connectivity index (χ3v) is 3.25. The summed E-state index contributed by atoms with van der Waals surface area (Å²) in [7, 11) is 0. The number of benzene rings is 1. The van der Waals surface area contributed by atoms with Gasteiger partial charge in [-0.2, -0.15) is 5.10 Å². The van der Waals surface area contributed by atoms with Crippen molar-refractivity contribution in [3.8, 4) is 0 Å². The second kappa shape index (κ2) is 6.29. The Labute approximate surface area is 127 Å². The minimum absolute atomic E-state index is 0.179. The van der Waals surface area contributed by atoms with Crippen LogP contribution < -0.4 is 10.9 Å². The van der Waals surface area contributed by atoms with Gasteiger partial charge in [0.25, 0.3) is 5.56 Å². The molecule has 2 rings (SSSR count). The van der Waals surface area contributed by atoms with Gasteiger partial charge in [-0.3, -0.25) is 4.79 Å². The van der Waals surface area contributed by atoms with Gasteiger partial charge in [-0.25, -0.2) is 4.68 Å². The molecule has 0 amide bonds. The predicted molar refractivity (Wildman–Crippen MR) is 82.8 cm³/mol. The van der Waals surface area contributed by atoms with E-state index in [0.29, 0.717) is 22.3 Å². The summed E-state index contributed by atoms with van der Waals surface area (Å²) >= 11 is 11.9. The lowest BCUT2D eigenvalue weighted by Crippen LogP contribution is -2.24. The quantitative estimate of drug-likeness (QED) is 0.941. The summed E-state index contributed by atoms with van der Waals surface area (Å²) in [6, 6.07) is 6.95. The Morgan fingerprint density at radius 2 is 2.05 bits per heavy atom. The number of anilines is 1. The molecule has 1 heterocycles.